The molecule has 27 heavy (non-hydrogen) atoms. The second-order valence-electron chi connectivity index (χ2n) is 10.8. The largest absolute Gasteiger partial charge is 0.383 e. The van der Waals surface area contributed by atoms with E-state index in [4.69, 9.17) is 4.74 Å². The van der Waals surface area contributed by atoms with E-state index in [0.29, 0.717) is 17.1 Å². The average Bonchev–Trinajstić information content (AvgIpc) is 3.27. The van der Waals surface area contributed by atoms with Gasteiger partial charge in [0, 0.05) is 36.8 Å². The predicted molar refractivity (Wildman–Crippen MR) is 117 cm³/mol. The third-order valence-corrected chi connectivity index (χ3v) is 6.50. The zero-order valence-electron chi connectivity index (χ0n) is 19.4. The molecule has 0 spiro atoms. The number of ether oxygens (including phenoxy) is 1. The van der Waals surface area contributed by atoms with Gasteiger partial charge in [-0.1, -0.05) is 0 Å². The quantitative estimate of drug-likeness (QED) is 0.725. The van der Waals surface area contributed by atoms with E-state index in [-0.39, 0.29) is 0 Å². The summed E-state index contributed by atoms with van der Waals surface area (Å²) in [4.78, 5) is 7.93. The first kappa shape index (κ1) is 23.1. The van der Waals surface area contributed by atoms with Gasteiger partial charge >= 0.3 is 0 Å². The second-order valence-corrected chi connectivity index (χ2v) is 10.8. The second kappa shape index (κ2) is 10.0. The van der Waals surface area contributed by atoms with Crippen molar-refractivity contribution in [3.63, 3.8) is 0 Å². The van der Waals surface area contributed by atoms with Crippen LogP contribution in [-0.2, 0) is 4.74 Å². The van der Waals surface area contributed by atoms with Crippen LogP contribution in [0.1, 0.15) is 80.1 Å². The van der Waals surface area contributed by atoms with Crippen molar-refractivity contribution in [3.8, 4) is 0 Å². The van der Waals surface area contributed by atoms with Gasteiger partial charge in [0.25, 0.3) is 0 Å². The smallest absolute Gasteiger partial charge is 0.0618 e. The topological polar surface area (TPSA) is 19.0 Å². The Hall–Kier alpha value is -0.160. The van der Waals surface area contributed by atoms with Gasteiger partial charge in [-0.2, -0.15) is 0 Å². The molecule has 0 N–H and O–H groups in total. The van der Waals surface area contributed by atoms with E-state index in [2.05, 4.69) is 56.2 Å². The molecule has 3 saturated heterocycles. The normalized spacial score (nSPS) is 28.6. The Bertz CT molecular complexity index is 420. The third kappa shape index (κ3) is 6.99. The molecular weight excluding hydrogens is 334 g/mol. The Kier molecular flexibility index (Phi) is 8.60. The minimum absolute atomic E-state index is 0.305. The minimum atomic E-state index is 0.305. The molecule has 0 saturated carbocycles. The summed E-state index contributed by atoms with van der Waals surface area (Å²) in [5, 5.41) is 0. The molecule has 2 atom stereocenters. The van der Waals surface area contributed by atoms with Crippen LogP contribution in [-0.4, -0.2) is 84.3 Å². The first-order chi connectivity index (χ1) is 12.6. The van der Waals surface area contributed by atoms with Crippen LogP contribution in [0.2, 0.25) is 0 Å². The van der Waals surface area contributed by atoms with Crippen molar-refractivity contribution < 1.29 is 4.74 Å². The molecule has 0 radical (unpaired) electrons. The summed E-state index contributed by atoms with van der Waals surface area (Å²) in [5.74, 6) is 0. The zero-order chi connectivity index (χ0) is 20.1. The van der Waals surface area contributed by atoms with Gasteiger partial charge in [0.15, 0.2) is 0 Å². The molecule has 3 heterocycles. The Morgan fingerprint density at radius 2 is 1.19 bits per heavy atom. The highest BCUT2D eigenvalue weighted by molar-refractivity contribution is 4.90. The molecule has 0 aromatic rings. The van der Waals surface area contributed by atoms with Crippen molar-refractivity contribution in [1.82, 2.24) is 14.7 Å². The maximum Gasteiger partial charge on any atom is 0.0618 e. The van der Waals surface area contributed by atoms with Gasteiger partial charge in [0.2, 0.25) is 0 Å². The molecule has 3 fully saturated rings. The summed E-state index contributed by atoms with van der Waals surface area (Å²) in [6.45, 7) is 21.3. The molecular formula is C23H47N3O. The molecule has 160 valence electrons. The van der Waals surface area contributed by atoms with Gasteiger partial charge in [-0.3, -0.25) is 9.80 Å². The van der Waals surface area contributed by atoms with Gasteiger partial charge < -0.3 is 9.64 Å². The van der Waals surface area contributed by atoms with Gasteiger partial charge in [0.1, 0.15) is 0 Å². The third-order valence-electron chi connectivity index (χ3n) is 6.50. The maximum atomic E-state index is 5.21. The van der Waals surface area contributed by atoms with E-state index in [0.717, 1.165) is 12.6 Å². The van der Waals surface area contributed by atoms with Gasteiger partial charge in [0.05, 0.1) is 6.61 Å². The molecule has 0 amide bonds. The van der Waals surface area contributed by atoms with Crippen molar-refractivity contribution in [2.45, 2.75) is 103 Å². The fourth-order valence-electron chi connectivity index (χ4n) is 5.26. The van der Waals surface area contributed by atoms with E-state index in [1.807, 2.05) is 0 Å². The van der Waals surface area contributed by atoms with Crippen LogP contribution >= 0.6 is 0 Å². The highest BCUT2D eigenvalue weighted by Gasteiger charge is 2.34. The van der Waals surface area contributed by atoms with E-state index < -0.39 is 0 Å². The van der Waals surface area contributed by atoms with Crippen LogP contribution in [0.4, 0.5) is 0 Å². The van der Waals surface area contributed by atoms with Crippen LogP contribution < -0.4 is 0 Å². The standard InChI is InChI=1S/C13H26N2.C10H21NO/c1-13(2,3)15-10-6-7-12(15)11-14-8-4-5-9-14;1-10(2,3)11-7-5-6-9(11)8-12-4/h12H,4-11H2,1-3H3;9H,5-8H2,1-4H3. The van der Waals surface area contributed by atoms with Crippen molar-refractivity contribution in [2.24, 2.45) is 0 Å². The molecule has 0 aliphatic carbocycles. The lowest BCUT2D eigenvalue weighted by molar-refractivity contribution is 0.0604. The van der Waals surface area contributed by atoms with Crippen LogP contribution in [0.3, 0.4) is 0 Å². The Labute approximate surface area is 169 Å². The first-order valence-electron chi connectivity index (χ1n) is 11.4. The summed E-state index contributed by atoms with van der Waals surface area (Å²) in [7, 11) is 1.79. The van der Waals surface area contributed by atoms with Crippen molar-refractivity contribution >= 4 is 0 Å². The van der Waals surface area contributed by atoms with Gasteiger partial charge in [-0.15, -0.1) is 0 Å². The summed E-state index contributed by atoms with van der Waals surface area (Å²) < 4.78 is 5.21. The summed E-state index contributed by atoms with van der Waals surface area (Å²) in [5.41, 5.74) is 0.667. The number of likely N-dealkylation sites (tertiary alicyclic amines) is 3. The van der Waals surface area contributed by atoms with E-state index in [1.54, 1.807) is 7.11 Å². The van der Waals surface area contributed by atoms with Crippen molar-refractivity contribution in [2.75, 3.05) is 46.4 Å². The Morgan fingerprint density at radius 1 is 0.704 bits per heavy atom. The lowest BCUT2D eigenvalue weighted by atomic mass is 10.0. The van der Waals surface area contributed by atoms with Crippen LogP contribution in [0.15, 0.2) is 0 Å². The number of hydrogen-bond acceptors (Lipinski definition) is 4. The first-order valence-corrected chi connectivity index (χ1v) is 11.4. The zero-order valence-corrected chi connectivity index (χ0v) is 19.4. The predicted octanol–water partition coefficient (Wildman–Crippen LogP) is 4.24. The molecule has 3 aliphatic heterocycles. The molecule has 3 aliphatic rings. The van der Waals surface area contributed by atoms with E-state index >= 15 is 0 Å². The number of rotatable bonds is 4. The summed E-state index contributed by atoms with van der Waals surface area (Å²) >= 11 is 0. The number of nitrogens with zero attached hydrogens (tertiary/aromatic N) is 3. The lowest BCUT2D eigenvalue weighted by Gasteiger charge is -2.38. The van der Waals surface area contributed by atoms with Crippen LogP contribution in [0.25, 0.3) is 0 Å². The van der Waals surface area contributed by atoms with E-state index in [9.17, 15) is 0 Å². The minimum Gasteiger partial charge on any atom is -0.383 e. The fourth-order valence-corrected chi connectivity index (χ4v) is 5.26. The van der Waals surface area contributed by atoms with Crippen LogP contribution in [0.5, 0.6) is 0 Å². The van der Waals surface area contributed by atoms with Gasteiger partial charge in [-0.25, -0.2) is 0 Å². The SMILES string of the molecule is CC(C)(C)N1CCCC1CN1CCCC1.COCC1CCCN1C(C)(C)C. The summed E-state index contributed by atoms with van der Waals surface area (Å²) in [6.07, 6.45) is 8.27. The van der Waals surface area contributed by atoms with Crippen LogP contribution in [0, 0.1) is 0 Å². The van der Waals surface area contributed by atoms with Crippen molar-refractivity contribution in [3.05, 3.63) is 0 Å². The molecule has 0 aromatic carbocycles. The number of hydrogen-bond donors (Lipinski definition) is 0. The van der Waals surface area contributed by atoms with Gasteiger partial charge in [-0.05, 0) is 106 Å². The highest BCUT2D eigenvalue weighted by Crippen LogP contribution is 2.28. The summed E-state index contributed by atoms with van der Waals surface area (Å²) in [6, 6.07) is 1.47. The van der Waals surface area contributed by atoms with Crippen molar-refractivity contribution in [1.29, 1.82) is 0 Å². The molecule has 4 nitrogen and oxygen atoms in total. The maximum absolute atomic E-state index is 5.21. The fraction of sp³-hybridized carbons (Fsp3) is 1.00. The Balaban J connectivity index is 0.000000199. The number of methoxy groups -OCH3 is 1. The molecule has 2 unspecified atom stereocenters. The molecule has 0 aromatic heterocycles. The monoisotopic (exact) mass is 381 g/mol. The highest BCUT2D eigenvalue weighted by atomic mass is 16.5. The van der Waals surface area contributed by atoms with E-state index in [1.165, 1.54) is 71.2 Å². The Morgan fingerprint density at radius 3 is 1.67 bits per heavy atom. The molecule has 4 heteroatoms. The lowest BCUT2D eigenvalue weighted by Crippen LogP contribution is -2.48. The molecule has 0 bridgehead atoms. The average molecular weight is 382 g/mol. The molecule has 3 rings (SSSR count).